The quantitative estimate of drug-likeness (QED) is 0.796. The second kappa shape index (κ2) is 7.28. The van der Waals surface area contributed by atoms with Gasteiger partial charge in [-0.25, -0.2) is 4.21 Å². The van der Waals surface area contributed by atoms with Crippen molar-refractivity contribution in [3.05, 3.63) is 63.7 Å². The number of phenols is 1. The highest BCUT2D eigenvalue weighted by Gasteiger charge is 2.11. The van der Waals surface area contributed by atoms with Gasteiger partial charge >= 0.3 is 0 Å². The average Bonchev–Trinajstić information content (AvgIpc) is 2.43. The standard InChI is InChI=1S/C19H24O3S/c1-12(2)17-9-15(5-6-19(17)20)10-18-13(3)7-16(8-14(18)4)11-23(21)22/h5-9,12,20H,10-11H2,1-4H3,(H,21,22). The Morgan fingerprint density at radius 1 is 1.04 bits per heavy atom. The van der Waals surface area contributed by atoms with Gasteiger partial charge in [-0.2, -0.15) is 0 Å². The lowest BCUT2D eigenvalue weighted by molar-refractivity contribution is 0.464. The summed E-state index contributed by atoms with van der Waals surface area (Å²) in [6.07, 6.45) is 0.792. The van der Waals surface area contributed by atoms with Crippen LogP contribution in [-0.2, 0) is 23.3 Å². The lowest BCUT2D eigenvalue weighted by Gasteiger charge is -2.15. The number of benzene rings is 2. The molecular formula is C19H24O3S. The molecule has 0 aliphatic carbocycles. The minimum Gasteiger partial charge on any atom is -0.508 e. The topological polar surface area (TPSA) is 57.5 Å². The molecule has 0 saturated carbocycles. The molecular weight excluding hydrogens is 308 g/mol. The Bertz CT molecular complexity index is 712. The first-order valence-corrected chi connectivity index (χ1v) is 9.03. The molecule has 23 heavy (non-hydrogen) atoms. The van der Waals surface area contributed by atoms with Gasteiger partial charge < -0.3 is 9.66 Å². The highest BCUT2D eigenvalue weighted by atomic mass is 32.2. The van der Waals surface area contributed by atoms with E-state index in [1.54, 1.807) is 6.07 Å². The van der Waals surface area contributed by atoms with Crippen LogP contribution in [0.15, 0.2) is 30.3 Å². The first kappa shape index (κ1) is 17.7. The molecule has 2 N–H and O–H groups in total. The van der Waals surface area contributed by atoms with Gasteiger partial charge in [0, 0.05) is 0 Å². The van der Waals surface area contributed by atoms with Crippen LogP contribution in [0.1, 0.15) is 53.1 Å². The van der Waals surface area contributed by atoms with Crippen molar-refractivity contribution in [1.29, 1.82) is 0 Å². The van der Waals surface area contributed by atoms with Crippen molar-refractivity contribution in [3.8, 4) is 5.75 Å². The second-order valence-corrected chi connectivity index (χ2v) is 7.33. The van der Waals surface area contributed by atoms with Gasteiger partial charge in [-0.3, -0.25) is 0 Å². The maximum absolute atomic E-state index is 11.0. The fourth-order valence-corrected chi connectivity index (χ4v) is 3.42. The zero-order chi connectivity index (χ0) is 17.1. The SMILES string of the molecule is Cc1cc(CS(=O)O)cc(C)c1Cc1ccc(O)c(C(C)C)c1. The third-order valence-electron chi connectivity index (χ3n) is 4.14. The first-order chi connectivity index (χ1) is 10.8. The van der Waals surface area contributed by atoms with Gasteiger partial charge in [-0.1, -0.05) is 38.1 Å². The molecule has 0 radical (unpaired) electrons. The van der Waals surface area contributed by atoms with Gasteiger partial charge in [0.2, 0.25) is 0 Å². The summed E-state index contributed by atoms with van der Waals surface area (Å²) in [7, 11) is 0. The predicted octanol–water partition coefficient (Wildman–Crippen LogP) is 4.44. The highest BCUT2D eigenvalue weighted by Crippen LogP contribution is 2.28. The van der Waals surface area contributed by atoms with Crippen molar-refractivity contribution in [1.82, 2.24) is 0 Å². The van der Waals surface area contributed by atoms with Crippen LogP contribution >= 0.6 is 0 Å². The van der Waals surface area contributed by atoms with Crippen LogP contribution in [0.2, 0.25) is 0 Å². The van der Waals surface area contributed by atoms with Crippen LogP contribution in [-0.4, -0.2) is 13.9 Å². The van der Waals surface area contributed by atoms with E-state index in [0.29, 0.717) is 5.75 Å². The van der Waals surface area contributed by atoms with E-state index >= 15 is 0 Å². The zero-order valence-corrected chi connectivity index (χ0v) is 14.9. The fraction of sp³-hybridized carbons (Fsp3) is 0.368. The summed E-state index contributed by atoms with van der Waals surface area (Å²) in [5.41, 5.74) is 6.51. The van der Waals surface area contributed by atoms with E-state index in [2.05, 4.69) is 19.9 Å². The molecule has 4 heteroatoms. The van der Waals surface area contributed by atoms with E-state index in [4.69, 9.17) is 4.55 Å². The van der Waals surface area contributed by atoms with Gasteiger partial charge in [0.25, 0.3) is 0 Å². The largest absolute Gasteiger partial charge is 0.508 e. The molecule has 0 aliphatic rings. The summed E-state index contributed by atoms with van der Waals surface area (Å²) in [6, 6.07) is 9.76. The maximum atomic E-state index is 11.0. The molecule has 124 valence electrons. The van der Waals surface area contributed by atoms with Gasteiger partial charge in [0.15, 0.2) is 11.1 Å². The number of hydrogen-bond acceptors (Lipinski definition) is 2. The van der Waals surface area contributed by atoms with Crippen molar-refractivity contribution in [2.75, 3.05) is 0 Å². The molecule has 0 fully saturated rings. The zero-order valence-electron chi connectivity index (χ0n) is 14.1. The third kappa shape index (κ3) is 4.43. The van der Waals surface area contributed by atoms with Gasteiger partial charge in [0.1, 0.15) is 5.75 Å². The molecule has 1 atom stereocenters. The first-order valence-electron chi connectivity index (χ1n) is 7.76. The molecule has 0 spiro atoms. The van der Waals surface area contributed by atoms with E-state index in [-0.39, 0.29) is 11.7 Å². The van der Waals surface area contributed by atoms with Gasteiger partial charge in [-0.05, 0) is 65.6 Å². The summed E-state index contributed by atoms with van der Waals surface area (Å²) in [4.78, 5) is 0. The van der Waals surface area contributed by atoms with Crippen molar-refractivity contribution < 1.29 is 13.9 Å². The normalized spacial score (nSPS) is 12.6. The molecule has 0 amide bonds. The Morgan fingerprint density at radius 2 is 1.65 bits per heavy atom. The van der Waals surface area contributed by atoms with Crippen molar-refractivity contribution in [2.24, 2.45) is 0 Å². The van der Waals surface area contributed by atoms with Crippen LogP contribution < -0.4 is 0 Å². The van der Waals surface area contributed by atoms with Crippen LogP contribution in [0, 0.1) is 13.8 Å². The Kier molecular flexibility index (Phi) is 5.60. The molecule has 2 aromatic rings. The number of rotatable bonds is 5. The molecule has 0 heterocycles. The maximum Gasteiger partial charge on any atom is 0.157 e. The summed E-state index contributed by atoms with van der Waals surface area (Å²) < 4.78 is 20.0. The summed E-state index contributed by atoms with van der Waals surface area (Å²) in [5, 5.41) is 9.95. The second-order valence-electron chi connectivity index (χ2n) is 6.40. The van der Waals surface area contributed by atoms with Crippen LogP contribution in [0.3, 0.4) is 0 Å². The molecule has 0 saturated heterocycles. The van der Waals surface area contributed by atoms with Gasteiger partial charge in [0.05, 0.1) is 5.75 Å². The average molecular weight is 332 g/mol. The van der Waals surface area contributed by atoms with Crippen LogP contribution in [0.25, 0.3) is 0 Å². The monoisotopic (exact) mass is 332 g/mol. The van der Waals surface area contributed by atoms with E-state index in [0.717, 1.165) is 34.2 Å². The van der Waals surface area contributed by atoms with E-state index in [1.807, 2.05) is 32.0 Å². The third-order valence-corrected chi connectivity index (χ3v) is 4.72. The smallest absolute Gasteiger partial charge is 0.157 e. The number of aromatic hydroxyl groups is 1. The molecule has 0 aromatic heterocycles. The lowest BCUT2D eigenvalue weighted by atomic mass is 9.92. The summed E-state index contributed by atoms with van der Waals surface area (Å²) in [6.45, 7) is 8.21. The molecule has 3 nitrogen and oxygen atoms in total. The van der Waals surface area contributed by atoms with Crippen LogP contribution in [0.4, 0.5) is 0 Å². The fourth-order valence-electron chi connectivity index (χ4n) is 2.97. The van der Waals surface area contributed by atoms with E-state index in [9.17, 15) is 9.32 Å². The minimum atomic E-state index is -1.82. The molecule has 2 aromatic carbocycles. The summed E-state index contributed by atoms with van der Waals surface area (Å²) in [5.74, 6) is 0.788. The molecule has 2 rings (SSSR count). The number of phenolic OH excluding ortho intramolecular Hbond substituents is 1. The minimum absolute atomic E-state index is 0.165. The number of aryl methyl sites for hydroxylation is 2. The van der Waals surface area contributed by atoms with Crippen molar-refractivity contribution in [3.63, 3.8) is 0 Å². The van der Waals surface area contributed by atoms with Crippen LogP contribution in [0.5, 0.6) is 5.75 Å². The van der Waals surface area contributed by atoms with E-state index in [1.165, 1.54) is 5.56 Å². The predicted molar refractivity (Wildman–Crippen MR) is 95.4 cm³/mol. The molecule has 0 bridgehead atoms. The molecule has 1 unspecified atom stereocenters. The lowest BCUT2D eigenvalue weighted by Crippen LogP contribution is -2.01. The highest BCUT2D eigenvalue weighted by molar-refractivity contribution is 7.78. The van der Waals surface area contributed by atoms with Gasteiger partial charge in [-0.15, -0.1) is 0 Å². The Labute approximate surface area is 140 Å². The van der Waals surface area contributed by atoms with E-state index < -0.39 is 11.1 Å². The molecule has 0 aliphatic heterocycles. The van der Waals surface area contributed by atoms with Crippen molar-refractivity contribution in [2.45, 2.75) is 45.8 Å². The Morgan fingerprint density at radius 3 is 2.17 bits per heavy atom. The Hall–Kier alpha value is -1.65. The van der Waals surface area contributed by atoms with Crippen molar-refractivity contribution >= 4 is 11.1 Å². The number of hydrogen-bond donors (Lipinski definition) is 2. The summed E-state index contributed by atoms with van der Waals surface area (Å²) >= 11 is -1.82. The Balaban J connectivity index is 2.33.